The molecule has 0 fully saturated rings. The quantitative estimate of drug-likeness (QED) is 0.552. The number of rotatable bonds is 2. The molecule has 0 heterocycles. The Morgan fingerprint density at radius 2 is 1.80 bits per heavy atom. The number of fused-ring (bicyclic) bond motifs is 1. The Morgan fingerprint density at radius 3 is 2.40 bits per heavy atom. The van der Waals surface area contributed by atoms with Crippen LogP contribution >= 0.6 is 0 Å². The van der Waals surface area contributed by atoms with Gasteiger partial charge < -0.3 is 0 Å². The van der Waals surface area contributed by atoms with Crippen LogP contribution in [0.4, 0.5) is 5.69 Å². The molecule has 2 rings (SSSR count). The van der Waals surface area contributed by atoms with Crippen LogP contribution in [0.5, 0.6) is 0 Å². The largest absolute Gasteiger partial charge is 0.277 e. The van der Waals surface area contributed by atoms with Crippen molar-refractivity contribution in [1.82, 2.24) is 0 Å². The highest BCUT2D eigenvalue weighted by atomic mass is 16.6. The van der Waals surface area contributed by atoms with E-state index in [-0.39, 0.29) is 10.6 Å². The van der Waals surface area contributed by atoms with Crippen LogP contribution in [0.15, 0.2) is 36.4 Å². The van der Waals surface area contributed by atoms with E-state index < -0.39 is 0 Å². The molecule has 0 aromatic heterocycles. The van der Waals surface area contributed by atoms with Crippen molar-refractivity contribution in [3.05, 3.63) is 52.1 Å². The van der Waals surface area contributed by atoms with Gasteiger partial charge in [-0.15, -0.1) is 0 Å². The molecule has 3 heteroatoms. The summed E-state index contributed by atoms with van der Waals surface area (Å²) in [4.78, 5) is 10.5. The fraction of sp³-hybridized carbons (Fsp3) is 0.167. The number of benzene rings is 2. The summed E-state index contributed by atoms with van der Waals surface area (Å²) in [6.07, 6.45) is 0.887. The van der Waals surface area contributed by atoms with Gasteiger partial charge in [0, 0.05) is 6.07 Å². The van der Waals surface area contributed by atoms with Crippen LogP contribution in [0, 0.1) is 10.1 Å². The lowest BCUT2D eigenvalue weighted by Gasteiger charge is -2.04. The van der Waals surface area contributed by atoms with Gasteiger partial charge in [-0.2, -0.15) is 0 Å². The number of aryl methyl sites for hydroxylation is 1. The maximum absolute atomic E-state index is 10.8. The number of hydrogen-bond acceptors (Lipinski definition) is 2. The Balaban J connectivity index is 2.83. The summed E-state index contributed by atoms with van der Waals surface area (Å²) < 4.78 is 0. The normalized spacial score (nSPS) is 10.5. The van der Waals surface area contributed by atoms with Gasteiger partial charge in [0.1, 0.15) is 0 Å². The molecule has 0 bridgehead atoms. The zero-order valence-corrected chi connectivity index (χ0v) is 8.43. The maximum Gasteiger partial charge on any atom is 0.277 e. The minimum absolute atomic E-state index is 0.183. The SMILES string of the molecule is CCc1ccc([N+](=O)[O-])c2ccccc12. The number of nitrogens with zero attached hydrogens (tertiary/aromatic N) is 1. The molecule has 0 saturated heterocycles. The first kappa shape index (κ1) is 9.65. The van der Waals surface area contributed by atoms with Gasteiger partial charge in [-0.3, -0.25) is 10.1 Å². The first-order chi connectivity index (χ1) is 7.24. The van der Waals surface area contributed by atoms with E-state index in [1.165, 1.54) is 0 Å². The molecular formula is C12H11NO2. The molecule has 0 amide bonds. The van der Waals surface area contributed by atoms with Gasteiger partial charge in [0.25, 0.3) is 5.69 Å². The Kier molecular flexibility index (Phi) is 2.37. The first-order valence-electron chi connectivity index (χ1n) is 4.89. The van der Waals surface area contributed by atoms with Crippen LogP contribution in [-0.4, -0.2) is 4.92 Å². The second-order valence-electron chi connectivity index (χ2n) is 3.40. The Labute approximate surface area is 87.5 Å². The smallest absolute Gasteiger partial charge is 0.258 e. The van der Waals surface area contributed by atoms with Crippen molar-refractivity contribution in [2.45, 2.75) is 13.3 Å². The van der Waals surface area contributed by atoms with E-state index in [4.69, 9.17) is 0 Å². The molecule has 0 unspecified atom stereocenters. The summed E-state index contributed by atoms with van der Waals surface area (Å²) in [5, 5.41) is 12.5. The Bertz CT molecular complexity index is 520. The second kappa shape index (κ2) is 3.69. The molecule has 0 aliphatic rings. The highest BCUT2D eigenvalue weighted by Crippen LogP contribution is 2.28. The summed E-state index contributed by atoms with van der Waals surface area (Å²) in [5.74, 6) is 0. The average Bonchev–Trinajstić information content (AvgIpc) is 2.27. The predicted octanol–water partition coefficient (Wildman–Crippen LogP) is 3.31. The molecule has 0 spiro atoms. The third kappa shape index (κ3) is 1.56. The Hall–Kier alpha value is -1.90. The van der Waals surface area contributed by atoms with Crippen molar-refractivity contribution in [1.29, 1.82) is 0 Å². The van der Waals surface area contributed by atoms with Crippen molar-refractivity contribution in [3.8, 4) is 0 Å². The third-order valence-electron chi connectivity index (χ3n) is 2.57. The van der Waals surface area contributed by atoms with Crippen molar-refractivity contribution in [2.75, 3.05) is 0 Å². The summed E-state index contributed by atoms with van der Waals surface area (Å²) in [7, 11) is 0. The molecule has 0 aliphatic heterocycles. The number of nitro groups is 1. The number of hydrogen-bond donors (Lipinski definition) is 0. The van der Waals surface area contributed by atoms with Gasteiger partial charge in [-0.25, -0.2) is 0 Å². The van der Waals surface area contributed by atoms with E-state index in [0.717, 1.165) is 22.8 Å². The lowest BCUT2D eigenvalue weighted by atomic mass is 10.0. The molecule has 15 heavy (non-hydrogen) atoms. The monoisotopic (exact) mass is 201 g/mol. The van der Waals surface area contributed by atoms with Gasteiger partial charge in [0.15, 0.2) is 0 Å². The van der Waals surface area contributed by atoms with E-state index in [9.17, 15) is 10.1 Å². The molecule has 0 radical (unpaired) electrons. The van der Waals surface area contributed by atoms with Gasteiger partial charge in [0.05, 0.1) is 10.3 Å². The van der Waals surface area contributed by atoms with Crippen LogP contribution in [0.25, 0.3) is 10.8 Å². The highest BCUT2D eigenvalue weighted by Gasteiger charge is 2.12. The van der Waals surface area contributed by atoms with E-state index in [1.807, 2.05) is 31.2 Å². The highest BCUT2D eigenvalue weighted by molar-refractivity contribution is 5.93. The first-order valence-corrected chi connectivity index (χ1v) is 4.89. The number of nitro benzene ring substituents is 1. The standard InChI is InChI=1S/C12H11NO2/c1-2-9-7-8-12(13(14)15)11-6-4-3-5-10(9)11/h3-8H,2H2,1H3. The Morgan fingerprint density at radius 1 is 1.13 bits per heavy atom. The maximum atomic E-state index is 10.8. The van der Waals surface area contributed by atoms with E-state index in [1.54, 1.807) is 12.1 Å². The van der Waals surface area contributed by atoms with Gasteiger partial charge in [0.2, 0.25) is 0 Å². The predicted molar refractivity (Wildman–Crippen MR) is 60.0 cm³/mol. The molecule has 0 atom stereocenters. The summed E-state index contributed by atoms with van der Waals surface area (Å²) in [5.41, 5.74) is 1.33. The van der Waals surface area contributed by atoms with Crippen molar-refractivity contribution in [2.24, 2.45) is 0 Å². The average molecular weight is 201 g/mol. The molecule has 76 valence electrons. The molecule has 0 N–H and O–H groups in total. The van der Waals surface area contributed by atoms with E-state index in [2.05, 4.69) is 0 Å². The van der Waals surface area contributed by atoms with Crippen molar-refractivity contribution < 1.29 is 4.92 Å². The zero-order chi connectivity index (χ0) is 10.8. The van der Waals surface area contributed by atoms with Crippen molar-refractivity contribution >= 4 is 16.5 Å². The fourth-order valence-electron chi connectivity index (χ4n) is 1.81. The van der Waals surface area contributed by atoms with E-state index >= 15 is 0 Å². The van der Waals surface area contributed by atoms with Crippen LogP contribution < -0.4 is 0 Å². The minimum Gasteiger partial charge on any atom is -0.258 e. The molecule has 2 aromatic rings. The molecule has 0 saturated carbocycles. The lowest BCUT2D eigenvalue weighted by molar-refractivity contribution is -0.383. The number of non-ortho nitro benzene ring substituents is 1. The van der Waals surface area contributed by atoms with Crippen LogP contribution in [0.1, 0.15) is 12.5 Å². The van der Waals surface area contributed by atoms with Gasteiger partial charge >= 0.3 is 0 Å². The zero-order valence-electron chi connectivity index (χ0n) is 8.43. The van der Waals surface area contributed by atoms with Gasteiger partial charge in [-0.05, 0) is 23.4 Å². The second-order valence-corrected chi connectivity index (χ2v) is 3.40. The third-order valence-corrected chi connectivity index (χ3v) is 2.57. The van der Waals surface area contributed by atoms with Crippen LogP contribution in [0.3, 0.4) is 0 Å². The van der Waals surface area contributed by atoms with Crippen LogP contribution in [-0.2, 0) is 6.42 Å². The van der Waals surface area contributed by atoms with E-state index in [0.29, 0.717) is 0 Å². The van der Waals surface area contributed by atoms with Crippen LogP contribution in [0.2, 0.25) is 0 Å². The minimum atomic E-state index is -0.332. The topological polar surface area (TPSA) is 43.1 Å². The summed E-state index contributed by atoms with van der Waals surface area (Å²) >= 11 is 0. The summed E-state index contributed by atoms with van der Waals surface area (Å²) in [6, 6.07) is 10.9. The van der Waals surface area contributed by atoms with Gasteiger partial charge in [-0.1, -0.05) is 31.2 Å². The molecule has 2 aromatic carbocycles. The lowest BCUT2D eigenvalue weighted by Crippen LogP contribution is -1.92. The van der Waals surface area contributed by atoms with Crippen molar-refractivity contribution in [3.63, 3.8) is 0 Å². The molecule has 0 aliphatic carbocycles. The molecule has 3 nitrogen and oxygen atoms in total. The summed E-state index contributed by atoms with van der Waals surface area (Å²) in [6.45, 7) is 2.05. The fourth-order valence-corrected chi connectivity index (χ4v) is 1.81. The molecular weight excluding hydrogens is 190 g/mol.